The molecule has 0 fully saturated rings. The van der Waals surface area contributed by atoms with Crippen molar-refractivity contribution in [3.63, 3.8) is 0 Å². The molecule has 6 nitrogen and oxygen atoms in total. The van der Waals surface area contributed by atoms with Crippen molar-refractivity contribution in [3.05, 3.63) is 78.9 Å². The predicted molar refractivity (Wildman–Crippen MR) is 118 cm³/mol. The van der Waals surface area contributed by atoms with Gasteiger partial charge >= 0.3 is 0 Å². The number of benzene rings is 3. The lowest BCUT2D eigenvalue weighted by Gasteiger charge is -2.10. The summed E-state index contributed by atoms with van der Waals surface area (Å²) in [6.07, 6.45) is 0.903. The molecule has 1 aromatic heterocycles. The van der Waals surface area contributed by atoms with E-state index in [0.717, 1.165) is 22.8 Å². The Labute approximate surface area is 175 Å². The highest BCUT2D eigenvalue weighted by Gasteiger charge is 2.15. The molecule has 0 saturated carbocycles. The standard InChI is InChI=1S/C23H21N3O3S/c1-2-15-29-23-14-13-22(24-25-23)18-7-10-20(11-8-18)26-30(27,28)21-12-9-17-5-3-4-6-19(17)16-21/h3-14,16,26H,2,15H2,1H3. The number of anilines is 1. The van der Waals surface area contributed by atoms with Gasteiger partial charge in [-0.05, 0) is 47.5 Å². The fourth-order valence-corrected chi connectivity index (χ4v) is 4.11. The third-order valence-corrected chi connectivity index (χ3v) is 5.94. The summed E-state index contributed by atoms with van der Waals surface area (Å²) in [7, 11) is -3.69. The molecule has 0 unspecified atom stereocenters. The first-order valence-corrected chi connectivity index (χ1v) is 11.1. The molecule has 0 bridgehead atoms. The van der Waals surface area contributed by atoms with Crippen LogP contribution in [-0.2, 0) is 10.0 Å². The van der Waals surface area contributed by atoms with Gasteiger partial charge in [0.05, 0.1) is 17.2 Å². The van der Waals surface area contributed by atoms with Crippen molar-refractivity contribution in [3.8, 4) is 17.1 Å². The maximum absolute atomic E-state index is 12.8. The molecule has 4 rings (SSSR count). The topological polar surface area (TPSA) is 81.2 Å². The molecule has 0 spiro atoms. The van der Waals surface area contributed by atoms with Gasteiger partial charge in [0.25, 0.3) is 10.0 Å². The van der Waals surface area contributed by atoms with Crippen LogP contribution in [0.1, 0.15) is 13.3 Å². The first-order chi connectivity index (χ1) is 14.5. The Kier molecular flexibility index (Phi) is 5.63. The second-order valence-corrected chi connectivity index (χ2v) is 8.48. The molecule has 0 aliphatic rings. The van der Waals surface area contributed by atoms with Crippen molar-refractivity contribution in [2.75, 3.05) is 11.3 Å². The minimum Gasteiger partial charge on any atom is -0.477 e. The molecule has 152 valence electrons. The van der Waals surface area contributed by atoms with Gasteiger partial charge in [-0.15, -0.1) is 10.2 Å². The number of nitrogens with one attached hydrogen (secondary N) is 1. The lowest BCUT2D eigenvalue weighted by molar-refractivity contribution is 0.302. The van der Waals surface area contributed by atoms with Gasteiger partial charge in [0.1, 0.15) is 0 Å². The van der Waals surface area contributed by atoms with E-state index in [-0.39, 0.29) is 4.90 Å². The average molecular weight is 420 g/mol. The van der Waals surface area contributed by atoms with Crippen molar-refractivity contribution in [1.29, 1.82) is 0 Å². The van der Waals surface area contributed by atoms with Gasteiger partial charge in [0, 0.05) is 17.3 Å². The molecule has 3 aromatic carbocycles. The highest BCUT2D eigenvalue weighted by Crippen LogP contribution is 2.24. The molecule has 0 aliphatic heterocycles. The third-order valence-electron chi connectivity index (χ3n) is 4.56. The van der Waals surface area contributed by atoms with Crippen LogP contribution in [0.4, 0.5) is 5.69 Å². The monoisotopic (exact) mass is 419 g/mol. The van der Waals surface area contributed by atoms with Gasteiger partial charge in [0.15, 0.2) is 0 Å². The first kappa shape index (κ1) is 19.8. The number of ether oxygens (including phenoxy) is 1. The SMILES string of the molecule is CCCOc1ccc(-c2ccc(NS(=O)(=O)c3ccc4ccccc4c3)cc2)nn1. The van der Waals surface area contributed by atoms with Gasteiger partial charge in [-0.3, -0.25) is 4.72 Å². The van der Waals surface area contributed by atoms with Crippen LogP contribution < -0.4 is 9.46 Å². The highest BCUT2D eigenvalue weighted by molar-refractivity contribution is 7.92. The molecule has 1 heterocycles. The van der Waals surface area contributed by atoms with E-state index in [1.807, 2.05) is 37.3 Å². The van der Waals surface area contributed by atoms with Gasteiger partial charge in [-0.1, -0.05) is 49.4 Å². The lowest BCUT2D eigenvalue weighted by atomic mass is 10.1. The summed E-state index contributed by atoms with van der Waals surface area (Å²) in [4.78, 5) is 0.221. The van der Waals surface area contributed by atoms with Crippen molar-refractivity contribution < 1.29 is 13.2 Å². The number of aromatic nitrogens is 2. The maximum Gasteiger partial charge on any atom is 0.261 e. The summed E-state index contributed by atoms with van der Waals surface area (Å²) in [6, 6.07) is 23.3. The fourth-order valence-electron chi connectivity index (χ4n) is 3.02. The van der Waals surface area contributed by atoms with Crippen molar-refractivity contribution in [2.24, 2.45) is 0 Å². The first-order valence-electron chi connectivity index (χ1n) is 9.64. The van der Waals surface area contributed by atoms with Gasteiger partial charge in [-0.25, -0.2) is 8.42 Å². The molecule has 7 heteroatoms. The van der Waals surface area contributed by atoms with Crippen molar-refractivity contribution in [2.45, 2.75) is 18.2 Å². The van der Waals surface area contributed by atoms with Crippen LogP contribution in [-0.4, -0.2) is 25.2 Å². The summed E-state index contributed by atoms with van der Waals surface area (Å²) in [6.45, 7) is 2.62. The predicted octanol–water partition coefficient (Wildman–Crippen LogP) is 4.89. The van der Waals surface area contributed by atoms with Gasteiger partial charge in [0.2, 0.25) is 5.88 Å². The Morgan fingerprint density at radius 3 is 2.33 bits per heavy atom. The summed E-state index contributed by atoms with van der Waals surface area (Å²) in [5.41, 5.74) is 1.99. The summed E-state index contributed by atoms with van der Waals surface area (Å²) in [5, 5.41) is 10.1. The zero-order valence-corrected chi connectivity index (χ0v) is 17.3. The van der Waals surface area contributed by atoms with Crippen LogP contribution in [0.5, 0.6) is 5.88 Å². The summed E-state index contributed by atoms with van der Waals surface area (Å²) < 4.78 is 33.6. The van der Waals surface area contributed by atoms with Gasteiger partial charge < -0.3 is 4.74 Å². The Morgan fingerprint density at radius 2 is 1.63 bits per heavy atom. The molecule has 0 aliphatic carbocycles. The molecule has 0 amide bonds. The number of fused-ring (bicyclic) bond motifs is 1. The lowest BCUT2D eigenvalue weighted by Crippen LogP contribution is -2.12. The number of nitrogens with zero attached hydrogens (tertiary/aromatic N) is 2. The maximum atomic E-state index is 12.8. The van der Waals surface area contributed by atoms with Gasteiger partial charge in [-0.2, -0.15) is 0 Å². The van der Waals surface area contributed by atoms with E-state index in [1.54, 1.807) is 48.5 Å². The van der Waals surface area contributed by atoms with E-state index >= 15 is 0 Å². The van der Waals surface area contributed by atoms with E-state index < -0.39 is 10.0 Å². The fraction of sp³-hybridized carbons (Fsp3) is 0.130. The Bertz CT molecular complexity index is 1260. The van der Waals surface area contributed by atoms with E-state index in [1.165, 1.54) is 0 Å². The molecule has 4 aromatic rings. The quantitative estimate of drug-likeness (QED) is 0.461. The van der Waals surface area contributed by atoms with Crippen LogP contribution in [0.25, 0.3) is 22.0 Å². The molecular weight excluding hydrogens is 398 g/mol. The molecule has 0 saturated heterocycles. The number of sulfonamides is 1. The number of rotatable bonds is 7. The zero-order valence-electron chi connectivity index (χ0n) is 16.4. The molecule has 0 radical (unpaired) electrons. The van der Waals surface area contributed by atoms with Crippen LogP contribution in [0.2, 0.25) is 0 Å². The van der Waals surface area contributed by atoms with Crippen molar-refractivity contribution in [1.82, 2.24) is 10.2 Å². The Balaban J connectivity index is 1.50. The molecule has 1 N–H and O–H groups in total. The normalized spacial score (nSPS) is 11.4. The number of hydrogen-bond acceptors (Lipinski definition) is 5. The average Bonchev–Trinajstić information content (AvgIpc) is 2.78. The largest absolute Gasteiger partial charge is 0.477 e. The second kappa shape index (κ2) is 8.51. The van der Waals surface area contributed by atoms with Crippen LogP contribution in [0, 0.1) is 0 Å². The Hall–Kier alpha value is -3.45. The Morgan fingerprint density at radius 1 is 0.867 bits per heavy atom. The zero-order chi connectivity index (χ0) is 21.0. The molecular formula is C23H21N3O3S. The van der Waals surface area contributed by atoms with Crippen molar-refractivity contribution >= 4 is 26.5 Å². The van der Waals surface area contributed by atoms with Crippen LogP contribution in [0.3, 0.4) is 0 Å². The van der Waals surface area contributed by atoms with Crippen LogP contribution >= 0.6 is 0 Å². The van der Waals surface area contributed by atoms with Crippen LogP contribution in [0.15, 0.2) is 83.8 Å². The number of hydrogen-bond donors (Lipinski definition) is 1. The van der Waals surface area contributed by atoms with E-state index in [9.17, 15) is 8.42 Å². The summed E-state index contributed by atoms with van der Waals surface area (Å²) >= 11 is 0. The minimum atomic E-state index is -3.69. The smallest absolute Gasteiger partial charge is 0.261 e. The highest BCUT2D eigenvalue weighted by atomic mass is 32.2. The van der Waals surface area contributed by atoms with E-state index in [0.29, 0.717) is 23.9 Å². The molecule has 0 atom stereocenters. The minimum absolute atomic E-state index is 0.221. The van der Waals surface area contributed by atoms with E-state index in [2.05, 4.69) is 14.9 Å². The second-order valence-electron chi connectivity index (χ2n) is 6.80. The third kappa shape index (κ3) is 4.41. The summed E-state index contributed by atoms with van der Waals surface area (Å²) in [5.74, 6) is 0.486. The van der Waals surface area contributed by atoms with E-state index in [4.69, 9.17) is 4.74 Å². The molecule has 30 heavy (non-hydrogen) atoms.